The van der Waals surface area contributed by atoms with Crippen LogP contribution in [0.15, 0.2) is 24.3 Å². The average molecular weight is 206 g/mol. The predicted molar refractivity (Wildman–Crippen MR) is 61.6 cm³/mol. The number of hydrogen-bond acceptors (Lipinski definition) is 2. The molecule has 1 rings (SSSR count). The Balaban J connectivity index is 2.62. The zero-order valence-corrected chi connectivity index (χ0v) is 9.36. The number of amides is 1. The van der Waals surface area contributed by atoms with Gasteiger partial charge < -0.3 is 10.6 Å². The minimum absolute atomic E-state index is 0.120. The normalized spacial score (nSPS) is 10.1. The van der Waals surface area contributed by atoms with Crippen molar-refractivity contribution in [1.29, 1.82) is 0 Å². The highest BCUT2D eigenvalue weighted by Gasteiger charge is 2.09. The first-order valence-electron chi connectivity index (χ1n) is 5.13. The van der Waals surface area contributed by atoms with Gasteiger partial charge in [0.2, 0.25) is 5.91 Å². The molecule has 0 saturated heterocycles. The monoisotopic (exact) mass is 206 g/mol. The van der Waals surface area contributed by atoms with Gasteiger partial charge in [0.15, 0.2) is 0 Å². The van der Waals surface area contributed by atoms with Crippen LogP contribution in [-0.2, 0) is 11.2 Å². The number of nitrogens with zero attached hydrogens (tertiary/aromatic N) is 1. The molecule has 1 aromatic rings. The van der Waals surface area contributed by atoms with Gasteiger partial charge in [-0.3, -0.25) is 4.79 Å². The number of rotatable bonds is 4. The van der Waals surface area contributed by atoms with E-state index in [4.69, 9.17) is 5.73 Å². The molecule has 82 valence electrons. The number of hydrogen-bond donors (Lipinski definition) is 1. The largest absolute Gasteiger partial charge is 0.344 e. The van der Waals surface area contributed by atoms with Crippen molar-refractivity contribution in [2.45, 2.75) is 13.3 Å². The minimum Gasteiger partial charge on any atom is -0.344 e. The highest BCUT2D eigenvalue weighted by Crippen LogP contribution is 2.08. The fraction of sp³-hybridized carbons (Fsp3) is 0.417. The van der Waals surface area contributed by atoms with Crippen LogP contribution in [0.2, 0.25) is 0 Å². The van der Waals surface area contributed by atoms with E-state index in [2.05, 4.69) is 0 Å². The Morgan fingerprint density at radius 2 is 2.07 bits per heavy atom. The van der Waals surface area contributed by atoms with E-state index in [1.807, 2.05) is 31.2 Å². The van der Waals surface area contributed by atoms with Gasteiger partial charge in [-0.05, 0) is 18.1 Å². The molecule has 3 heteroatoms. The summed E-state index contributed by atoms with van der Waals surface area (Å²) in [7, 11) is 1.79. The summed E-state index contributed by atoms with van der Waals surface area (Å²) in [5, 5.41) is 0. The Morgan fingerprint density at radius 3 is 2.67 bits per heavy atom. The molecular weight excluding hydrogens is 188 g/mol. The quantitative estimate of drug-likeness (QED) is 0.797. The Hall–Kier alpha value is -1.35. The molecule has 0 bridgehead atoms. The van der Waals surface area contributed by atoms with Crippen molar-refractivity contribution < 1.29 is 4.79 Å². The molecule has 0 heterocycles. The first-order chi connectivity index (χ1) is 7.15. The van der Waals surface area contributed by atoms with Gasteiger partial charge in [0, 0.05) is 20.1 Å². The van der Waals surface area contributed by atoms with Crippen molar-refractivity contribution in [2.75, 3.05) is 20.1 Å². The molecule has 0 radical (unpaired) electrons. The summed E-state index contributed by atoms with van der Waals surface area (Å²) in [4.78, 5) is 13.4. The highest BCUT2D eigenvalue weighted by atomic mass is 16.2. The second-order valence-electron chi connectivity index (χ2n) is 3.71. The molecule has 3 nitrogen and oxygen atoms in total. The molecule has 0 unspecified atom stereocenters. The summed E-state index contributed by atoms with van der Waals surface area (Å²) in [6, 6.07) is 7.94. The minimum atomic E-state index is 0.120. The van der Waals surface area contributed by atoms with E-state index < -0.39 is 0 Å². The summed E-state index contributed by atoms with van der Waals surface area (Å²) in [6.07, 6.45) is 0.461. The maximum Gasteiger partial charge on any atom is 0.226 e. The van der Waals surface area contributed by atoms with Gasteiger partial charge in [-0.15, -0.1) is 0 Å². The van der Waals surface area contributed by atoms with Crippen LogP contribution < -0.4 is 5.73 Å². The van der Waals surface area contributed by atoms with E-state index in [9.17, 15) is 4.79 Å². The molecule has 2 N–H and O–H groups in total. The maximum atomic E-state index is 11.7. The molecular formula is C12H18N2O. The molecule has 0 aliphatic rings. The van der Waals surface area contributed by atoms with E-state index in [1.54, 1.807) is 11.9 Å². The van der Waals surface area contributed by atoms with Gasteiger partial charge in [0.05, 0.1) is 6.42 Å². The van der Waals surface area contributed by atoms with Crippen LogP contribution in [0.4, 0.5) is 0 Å². The lowest BCUT2D eigenvalue weighted by atomic mass is 10.1. The van der Waals surface area contributed by atoms with Crippen molar-refractivity contribution in [3.8, 4) is 0 Å². The van der Waals surface area contributed by atoms with Gasteiger partial charge in [-0.1, -0.05) is 24.3 Å². The summed E-state index contributed by atoms with van der Waals surface area (Å²) < 4.78 is 0. The van der Waals surface area contributed by atoms with Crippen LogP contribution in [0.3, 0.4) is 0 Å². The summed E-state index contributed by atoms with van der Waals surface area (Å²) in [5.41, 5.74) is 7.65. The Morgan fingerprint density at radius 1 is 1.40 bits per heavy atom. The van der Waals surface area contributed by atoms with Crippen LogP contribution in [0.1, 0.15) is 11.1 Å². The molecule has 15 heavy (non-hydrogen) atoms. The number of nitrogens with two attached hydrogens (primary N) is 1. The number of likely N-dealkylation sites (N-methyl/N-ethyl adjacent to an activating group) is 1. The summed E-state index contributed by atoms with van der Waals surface area (Å²) >= 11 is 0. The maximum absolute atomic E-state index is 11.7. The van der Waals surface area contributed by atoms with Gasteiger partial charge in [0.1, 0.15) is 0 Å². The van der Waals surface area contributed by atoms with E-state index in [0.29, 0.717) is 19.5 Å². The van der Waals surface area contributed by atoms with E-state index in [1.165, 1.54) is 0 Å². The smallest absolute Gasteiger partial charge is 0.226 e. The second-order valence-corrected chi connectivity index (χ2v) is 3.71. The molecule has 0 aliphatic heterocycles. The highest BCUT2D eigenvalue weighted by molar-refractivity contribution is 5.78. The fourth-order valence-electron chi connectivity index (χ4n) is 1.42. The molecule has 0 fully saturated rings. The zero-order chi connectivity index (χ0) is 11.3. The fourth-order valence-corrected chi connectivity index (χ4v) is 1.42. The third kappa shape index (κ3) is 3.36. The number of benzene rings is 1. The lowest BCUT2D eigenvalue weighted by Gasteiger charge is -2.16. The van der Waals surface area contributed by atoms with Gasteiger partial charge in [-0.2, -0.15) is 0 Å². The Bertz CT molecular complexity index is 336. The SMILES string of the molecule is Cc1ccccc1CC(=O)N(C)CCN. The molecule has 0 aromatic heterocycles. The molecule has 0 saturated carbocycles. The van der Waals surface area contributed by atoms with Crippen LogP contribution in [0.5, 0.6) is 0 Å². The number of carbonyl (C=O) groups is 1. The van der Waals surface area contributed by atoms with Crippen LogP contribution >= 0.6 is 0 Å². The summed E-state index contributed by atoms with van der Waals surface area (Å²) in [5.74, 6) is 0.120. The van der Waals surface area contributed by atoms with Crippen molar-refractivity contribution >= 4 is 5.91 Å². The zero-order valence-electron chi connectivity index (χ0n) is 9.36. The third-order valence-corrected chi connectivity index (χ3v) is 2.49. The standard InChI is InChI=1S/C12H18N2O/c1-10-5-3-4-6-11(10)9-12(15)14(2)8-7-13/h3-6H,7-9,13H2,1-2H3. The first kappa shape index (κ1) is 11.7. The van der Waals surface area contributed by atoms with Gasteiger partial charge in [0.25, 0.3) is 0 Å². The van der Waals surface area contributed by atoms with Gasteiger partial charge >= 0.3 is 0 Å². The van der Waals surface area contributed by atoms with E-state index in [0.717, 1.165) is 11.1 Å². The first-order valence-corrected chi connectivity index (χ1v) is 5.13. The average Bonchev–Trinajstić information content (AvgIpc) is 2.21. The molecule has 1 aromatic carbocycles. The molecule has 0 spiro atoms. The molecule has 1 amide bonds. The Kier molecular flexibility index (Phi) is 4.31. The van der Waals surface area contributed by atoms with Crippen molar-refractivity contribution in [3.63, 3.8) is 0 Å². The van der Waals surface area contributed by atoms with E-state index in [-0.39, 0.29) is 5.91 Å². The number of carbonyl (C=O) groups excluding carboxylic acids is 1. The lowest BCUT2D eigenvalue weighted by molar-refractivity contribution is -0.129. The summed E-state index contributed by atoms with van der Waals surface area (Å²) in [6.45, 7) is 3.15. The third-order valence-electron chi connectivity index (χ3n) is 2.49. The van der Waals surface area contributed by atoms with Crippen molar-refractivity contribution in [1.82, 2.24) is 4.90 Å². The van der Waals surface area contributed by atoms with Gasteiger partial charge in [-0.25, -0.2) is 0 Å². The van der Waals surface area contributed by atoms with Crippen molar-refractivity contribution in [3.05, 3.63) is 35.4 Å². The topological polar surface area (TPSA) is 46.3 Å². The predicted octanol–water partition coefficient (Wildman–Crippen LogP) is 0.955. The Labute approximate surface area is 90.9 Å². The van der Waals surface area contributed by atoms with Crippen LogP contribution in [-0.4, -0.2) is 30.9 Å². The van der Waals surface area contributed by atoms with E-state index >= 15 is 0 Å². The van der Waals surface area contributed by atoms with Crippen molar-refractivity contribution in [2.24, 2.45) is 5.73 Å². The van der Waals surface area contributed by atoms with Crippen LogP contribution in [0, 0.1) is 6.92 Å². The molecule has 0 aliphatic carbocycles. The van der Waals surface area contributed by atoms with Crippen LogP contribution in [0.25, 0.3) is 0 Å². The molecule has 0 atom stereocenters. The number of aryl methyl sites for hydroxylation is 1. The lowest BCUT2D eigenvalue weighted by Crippen LogP contribution is -2.32. The second kappa shape index (κ2) is 5.51.